The van der Waals surface area contributed by atoms with Crippen molar-refractivity contribution in [1.82, 2.24) is 4.90 Å². The lowest BCUT2D eigenvalue weighted by molar-refractivity contribution is -0.173. The Bertz CT molecular complexity index is 1390. The van der Waals surface area contributed by atoms with Crippen LogP contribution in [0.4, 0.5) is 4.79 Å². The van der Waals surface area contributed by atoms with Crippen molar-refractivity contribution in [2.45, 2.75) is 96.0 Å². The largest absolute Gasteiger partial charge is 0.441 e. The molecule has 1 fully saturated rings. The predicted octanol–water partition coefficient (Wildman–Crippen LogP) is 7.04. The summed E-state index contributed by atoms with van der Waals surface area (Å²) in [6, 6.07) is 28.6. The highest BCUT2D eigenvalue weighted by Gasteiger charge is 2.49. The van der Waals surface area contributed by atoms with Gasteiger partial charge in [0.05, 0.1) is 25.9 Å². The first-order valence-electron chi connectivity index (χ1n) is 15.4. The van der Waals surface area contributed by atoms with E-state index in [2.05, 4.69) is 33.9 Å². The summed E-state index contributed by atoms with van der Waals surface area (Å²) in [5.74, 6) is -0.693. The molecule has 242 valence electrons. The molecule has 8 nitrogen and oxygen atoms in total. The third kappa shape index (κ3) is 8.89. The van der Waals surface area contributed by atoms with Crippen LogP contribution in [0, 0.1) is 0 Å². The second kappa shape index (κ2) is 14.4. The molecular weight excluding hydrogens is 586 g/mol. The highest BCUT2D eigenvalue weighted by Crippen LogP contribution is 2.42. The molecule has 4 atom stereocenters. The van der Waals surface area contributed by atoms with E-state index < -0.39 is 50.3 Å². The van der Waals surface area contributed by atoms with E-state index in [1.807, 2.05) is 91.0 Å². The molecule has 45 heavy (non-hydrogen) atoms. The fourth-order valence-corrected chi connectivity index (χ4v) is 6.19. The van der Waals surface area contributed by atoms with Crippen molar-refractivity contribution in [3.63, 3.8) is 0 Å². The van der Waals surface area contributed by atoms with Gasteiger partial charge in [-0.25, -0.2) is 9.69 Å². The number of nitrogens with zero attached hydrogens (tertiary/aromatic N) is 1. The SMILES string of the molecule is CC1(C)CN(C(=O)[C@H](OCc2ccccc2)[C@@H](O)[C@@H](OCc2ccccc2)[C@H](O[Si](C)(C)C(C)(C)C)c2ccccc2)C(=O)O1. The van der Waals surface area contributed by atoms with Crippen molar-refractivity contribution in [3.05, 3.63) is 108 Å². The van der Waals surface area contributed by atoms with Crippen molar-refractivity contribution >= 4 is 20.3 Å². The summed E-state index contributed by atoms with van der Waals surface area (Å²) >= 11 is 0. The normalized spacial score (nSPS) is 17.8. The van der Waals surface area contributed by atoms with Crippen LogP contribution in [0.2, 0.25) is 18.1 Å². The Hall–Kier alpha value is -3.34. The lowest BCUT2D eigenvalue weighted by Gasteiger charge is -2.43. The minimum Gasteiger partial charge on any atom is -0.441 e. The van der Waals surface area contributed by atoms with Gasteiger partial charge in [-0.3, -0.25) is 4.79 Å². The molecule has 1 saturated heterocycles. The standard InChI is InChI=1S/C36H47NO7Si/c1-35(2,3)45(6,7)44-30(28-21-15-10-16-22-28)31(41-23-26-17-11-8-12-18-26)29(38)32(42-24-27-19-13-9-14-20-27)33(39)37-25-36(4,5)43-34(37)40/h8-22,29-32,38H,23-25H2,1-7H3/t29-,30+,31+,32+/m0/s1. The highest BCUT2D eigenvalue weighted by atomic mass is 28.4. The first-order chi connectivity index (χ1) is 21.2. The van der Waals surface area contributed by atoms with E-state index in [1.165, 1.54) is 0 Å². The van der Waals surface area contributed by atoms with E-state index in [1.54, 1.807) is 13.8 Å². The molecule has 9 heteroatoms. The second-order valence-corrected chi connectivity index (χ2v) is 18.5. The molecule has 3 aromatic rings. The molecule has 0 aliphatic carbocycles. The van der Waals surface area contributed by atoms with Crippen LogP contribution in [-0.4, -0.2) is 60.8 Å². The predicted molar refractivity (Wildman–Crippen MR) is 176 cm³/mol. The zero-order valence-electron chi connectivity index (χ0n) is 27.4. The monoisotopic (exact) mass is 633 g/mol. The number of aliphatic hydroxyl groups is 1. The fourth-order valence-electron chi connectivity index (χ4n) is 4.93. The number of hydrogen-bond donors (Lipinski definition) is 1. The molecular formula is C36H47NO7Si. The summed E-state index contributed by atoms with van der Waals surface area (Å²) in [6.07, 6.45) is -5.54. The molecule has 1 heterocycles. The van der Waals surface area contributed by atoms with Gasteiger partial charge in [0.1, 0.15) is 17.8 Å². The summed E-state index contributed by atoms with van der Waals surface area (Å²) in [6.45, 7) is 14.4. The number of imide groups is 1. The van der Waals surface area contributed by atoms with Gasteiger partial charge in [0, 0.05) is 0 Å². The fraction of sp³-hybridized carbons (Fsp3) is 0.444. The summed E-state index contributed by atoms with van der Waals surface area (Å²) in [5, 5.41) is 12.1. The van der Waals surface area contributed by atoms with Gasteiger partial charge >= 0.3 is 6.09 Å². The molecule has 1 N–H and O–H groups in total. The van der Waals surface area contributed by atoms with Crippen molar-refractivity contribution in [1.29, 1.82) is 0 Å². The van der Waals surface area contributed by atoms with Crippen LogP contribution in [0.15, 0.2) is 91.0 Å². The first-order valence-corrected chi connectivity index (χ1v) is 18.4. The van der Waals surface area contributed by atoms with Crippen molar-refractivity contribution in [2.24, 2.45) is 0 Å². The Morgan fingerprint density at radius 1 is 0.889 bits per heavy atom. The number of amides is 2. The summed E-state index contributed by atoms with van der Waals surface area (Å²) in [4.78, 5) is 28.0. The maximum atomic E-state index is 14.1. The van der Waals surface area contributed by atoms with Gasteiger partial charge in [-0.05, 0) is 48.7 Å². The molecule has 3 aromatic carbocycles. The number of hydrogen-bond acceptors (Lipinski definition) is 7. The number of aliphatic hydroxyl groups excluding tert-OH is 1. The first kappa shape index (κ1) is 34.5. The lowest BCUT2D eigenvalue weighted by atomic mass is 9.96. The number of cyclic esters (lactones) is 1. The van der Waals surface area contributed by atoms with Gasteiger partial charge in [0.15, 0.2) is 14.4 Å². The highest BCUT2D eigenvalue weighted by molar-refractivity contribution is 6.74. The quantitative estimate of drug-likeness (QED) is 0.202. The molecule has 0 unspecified atom stereocenters. The Morgan fingerprint density at radius 2 is 1.38 bits per heavy atom. The molecule has 4 rings (SSSR count). The van der Waals surface area contributed by atoms with E-state index in [9.17, 15) is 14.7 Å². The summed E-state index contributed by atoms with van der Waals surface area (Å²) in [7, 11) is -2.46. The summed E-state index contributed by atoms with van der Waals surface area (Å²) in [5.41, 5.74) is 1.64. The molecule has 2 amide bonds. The number of carbonyl (C=O) groups is 2. The average Bonchev–Trinajstić information content (AvgIpc) is 3.29. The Morgan fingerprint density at radius 3 is 1.84 bits per heavy atom. The molecule has 0 radical (unpaired) electrons. The van der Waals surface area contributed by atoms with Crippen molar-refractivity contribution in [3.8, 4) is 0 Å². The van der Waals surface area contributed by atoms with Crippen LogP contribution in [0.1, 0.15) is 57.4 Å². The van der Waals surface area contributed by atoms with Crippen molar-refractivity contribution < 1.29 is 33.3 Å². The Balaban J connectivity index is 1.77. The zero-order chi connectivity index (χ0) is 32.8. The van der Waals surface area contributed by atoms with Gasteiger partial charge in [-0.1, -0.05) is 112 Å². The van der Waals surface area contributed by atoms with Crippen LogP contribution in [-0.2, 0) is 36.6 Å². The van der Waals surface area contributed by atoms with E-state index in [0.29, 0.717) is 0 Å². The molecule has 0 saturated carbocycles. The zero-order valence-corrected chi connectivity index (χ0v) is 28.4. The Labute approximate surface area is 268 Å². The topological polar surface area (TPSA) is 94.5 Å². The Kier molecular flexibility index (Phi) is 11.0. The maximum Gasteiger partial charge on any atom is 0.417 e. The minimum absolute atomic E-state index is 0.0285. The van der Waals surface area contributed by atoms with E-state index in [-0.39, 0.29) is 24.8 Å². The molecule has 0 bridgehead atoms. The maximum absolute atomic E-state index is 14.1. The third-order valence-electron chi connectivity index (χ3n) is 8.49. The number of benzene rings is 3. The lowest BCUT2D eigenvalue weighted by Crippen LogP contribution is -2.54. The third-order valence-corrected chi connectivity index (χ3v) is 12.9. The van der Waals surface area contributed by atoms with Gasteiger partial charge in [0.25, 0.3) is 5.91 Å². The van der Waals surface area contributed by atoms with E-state index >= 15 is 0 Å². The second-order valence-electron chi connectivity index (χ2n) is 13.7. The van der Waals surface area contributed by atoms with Crippen LogP contribution < -0.4 is 0 Å². The van der Waals surface area contributed by atoms with E-state index in [0.717, 1.165) is 21.6 Å². The van der Waals surface area contributed by atoms with Crippen LogP contribution >= 0.6 is 0 Å². The van der Waals surface area contributed by atoms with E-state index in [4.69, 9.17) is 18.6 Å². The van der Waals surface area contributed by atoms with Crippen LogP contribution in [0.25, 0.3) is 0 Å². The smallest absolute Gasteiger partial charge is 0.417 e. The van der Waals surface area contributed by atoms with Crippen LogP contribution in [0.5, 0.6) is 0 Å². The molecule has 0 aromatic heterocycles. The molecule has 1 aliphatic rings. The number of carbonyl (C=O) groups excluding carboxylic acids is 2. The molecule has 1 aliphatic heterocycles. The van der Waals surface area contributed by atoms with Crippen LogP contribution in [0.3, 0.4) is 0 Å². The number of ether oxygens (including phenoxy) is 3. The van der Waals surface area contributed by atoms with Gasteiger partial charge in [-0.2, -0.15) is 0 Å². The average molecular weight is 634 g/mol. The van der Waals surface area contributed by atoms with Gasteiger partial charge in [0.2, 0.25) is 0 Å². The van der Waals surface area contributed by atoms with Crippen molar-refractivity contribution in [2.75, 3.05) is 6.54 Å². The van der Waals surface area contributed by atoms with Gasteiger partial charge < -0.3 is 23.7 Å². The summed E-state index contributed by atoms with van der Waals surface area (Å²) < 4.78 is 25.2. The molecule has 0 spiro atoms. The minimum atomic E-state index is -2.46. The number of rotatable bonds is 13. The van der Waals surface area contributed by atoms with Gasteiger partial charge in [-0.15, -0.1) is 0 Å².